The van der Waals surface area contributed by atoms with Crippen molar-refractivity contribution < 1.29 is 14.0 Å². The van der Waals surface area contributed by atoms with Crippen LogP contribution in [0.15, 0.2) is 33.7 Å². The number of hydrogen-bond acceptors (Lipinski definition) is 5. The quantitative estimate of drug-likeness (QED) is 0.800. The number of furan rings is 1. The van der Waals surface area contributed by atoms with Crippen molar-refractivity contribution >= 4 is 11.8 Å². The molecule has 0 aromatic carbocycles. The molecule has 8 heteroatoms. The number of aryl methyl sites for hydroxylation is 2. The van der Waals surface area contributed by atoms with Gasteiger partial charge in [-0.25, -0.2) is 4.68 Å². The third-order valence-electron chi connectivity index (χ3n) is 5.32. The van der Waals surface area contributed by atoms with E-state index in [0.717, 1.165) is 30.5 Å². The number of fused-ring (bicyclic) bond motifs is 1. The summed E-state index contributed by atoms with van der Waals surface area (Å²) in [5.74, 6) is -0.0126. The summed E-state index contributed by atoms with van der Waals surface area (Å²) in [6.07, 6.45) is 4.20. The van der Waals surface area contributed by atoms with Crippen LogP contribution in [-0.2, 0) is 17.6 Å². The lowest BCUT2D eigenvalue weighted by Gasteiger charge is -2.35. The van der Waals surface area contributed by atoms with E-state index in [1.807, 2.05) is 0 Å². The highest BCUT2D eigenvalue weighted by atomic mass is 16.3. The monoisotopic (exact) mass is 370 g/mol. The van der Waals surface area contributed by atoms with Gasteiger partial charge in [-0.1, -0.05) is 0 Å². The molecule has 142 valence electrons. The highest BCUT2D eigenvalue weighted by Gasteiger charge is 2.30. The van der Waals surface area contributed by atoms with Crippen molar-refractivity contribution in [2.75, 3.05) is 26.2 Å². The third-order valence-corrected chi connectivity index (χ3v) is 5.32. The first-order chi connectivity index (χ1) is 13.0. The molecule has 0 spiro atoms. The molecule has 27 heavy (non-hydrogen) atoms. The minimum Gasteiger partial charge on any atom is -0.459 e. The number of aromatic nitrogens is 2. The van der Waals surface area contributed by atoms with E-state index < -0.39 is 6.04 Å². The predicted molar refractivity (Wildman–Crippen MR) is 96.4 cm³/mol. The van der Waals surface area contributed by atoms with E-state index in [2.05, 4.69) is 5.10 Å². The van der Waals surface area contributed by atoms with E-state index in [-0.39, 0.29) is 17.4 Å². The number of hydrogen-bond donors (Lipinski definition) is 0. The largest absolute Gasteiger partial charge is 0.459 e. The van der Waals surface area contributed by atoms with Gasteiger partial charge in [-0.3, -0.25) is 14.4 Å². The Bertz CT molecular complexity index is 910. The number of nitrogens with zero attached hydrogens (tertiary/aromatic N) is 4. The maximum atomic E-state index is 12.9. The summed E-state index contributed by atoms with van der Waals surface area (Å²) < 4.78 is 6.45. The molecule has 1 atom stereocenters. The van der Waals surface area contributed by atoms with Gasteiger partial charge in [0.2, 0.25) is 5.91 Å². The zero-order valence-electron chi connectivity index (χ0n) is 15.3. The van der Waals surface area contributed by atoms with E-state index in [1.54, 1.807) is 34.9 Å². The minimum absolute atomic E-state index is 0.146. The fourth-order valence-corrected chi connectivity index (χ4v) is 3.75. The molecular formula is C19H22N4O4. The van der Waals surface area contributed by atoms with Crippen LogP contribution < -0.4 is 5.56 Å². The molecule has 1 aliphatic heterocycles. The first-order valence-corrected chi connectivity index (χ1v) is 9.28. The molecule has 1 aliphatic carbocycles. The van der Waals surface area contributed by atoms with Gasteiger partial charge in [-0.15, -0.1) is 0 Å². The SMILES string of the molecule is CC(C(=O)N1CCN(C(=O)c2ccco2)CC1)n1nc2c(cc1=O)CCC2. The normalized spacial score (nSPS) is 17.7. The number of piperazine rings is 1. The van der Waals surface area contributed by atoms with Crippen molar-refractivity contribution in [1.82, 2.24) is 19.6 Å². The van der Waals surface area contributed by atoms with Crippen molar-refractivity contribution in [1.29, 1.82) is 0 Å². The van der Waals surface area contributed by atoms with Crippen molar-refractivity contribution in [2.45, 2.75) is 32.2 Å². The molecule has 2 aromatic rings. The maximum absolute atomic E-state index is 12.9. The van der Waals surface area contributed by atoms with Gasteiger partial charge >= 0.3 is 0 Å². The van der Waals surface area contributed by atoms with Gasteiger partial charge < -0.3 is 14.2 Å². The van der Waals surface area contributed by atoms with Crippen LogP contribution in [0.25, 0.3) is 0 Å². The van der Waals surface area contributed by atoms with Crippen LogP contribution in [0, 0.1) is 0 Å². The summed E-state index contributed by atoms with van der Waals surface area (Å²) in [6.45, 7) is 3.43. The Kier molecular flexibility index (Phi) is 4.55. The van der Waals surface area contributed by atoms with Crippen LogP contribution in [0.3, 0.4) is 0 Å². The molecule has 0 bridgehead atoms. The Morgan fingerprint density at radius 2 is 1.89 bits per heavy atom. The fourth-order valence-electron chi connectivity index (χ4n) is 3.75. The second kappa shape index (κ2) is 7.02. The van der Waals surface area contributed by atoms with Crippen LogP contribution in [-0.4, -0.2) is 57.6 Å². The summed E-state index contributed by atoms with van der Waals surface area (Å²) in [5.41, 5.74) is 1.69. The van der Waals surface area contributed by atoms with E-state index in [0.29, 0.717) is 31.9 Å². The number of carbonyl (C=O) groups is 2. The average Bonchev–Trinajstić information content (AvgIpc) is 3.37. The van der Waals surface area contributed by atoms with Crippen molar-refractivity contribution in [3.8, 4) is 0 Å². The molecule has 1 saturated heterocycles. The number of amides is 2. The smallest absolute Gasteiger partial charge is 0.289 e. The Balaban J connectivity index is 1.42. The second-order valence-electron chi connectivity index (χ2n) is 7.02. The van der Waals surface area contributed by atoms with Gasteiger partial charge in [0.1, 0.15) is 6.04 Å². The molecule has 0 saturated carbocycles. The zero-order chi connectivity index (χ0) is 19.0. The van der Waals surface area contributed by atoms with Crippen LogP contribution in [0.4, 0.5) is 0 Å². The molecular weight excluding hydrogens is 348 g/mol. The van der Waals surface area contributed by atoms with Gasteiger partial charge in [-0.2, -0.15) is 5.10 Å². The molecule has 8 nitrogen and oxygen atoms in total. The van der Waals surface area contributed by atoms with Crippen LogP contribution in [0.2, 0.25) is 0 Å². The molecule has 0 radical (unpaired) electrons. The third kappa shape index (κ3) is 3.27. The maximum Gasteiger partial charge on any atom is 0.289 e. The molecule has 2 amide bonds. The van der Waals surface area contributed by atoms with Crippen LogP contribution in [0.1, 0.15) is 41.2 Å². The minimum atomic E-state index is -0.657. The lowest BCUT2D eigenvalue weighted by Crippen LogP contribution is -2.52. The zero-order valence-corrected chi connectivity index (χ0v) is 15.3. The lowest BCUT2D eigenvalue weighted by molar-refractivity contribution is -0.136. The highest BCUT2D eigenvalue weighted by Crippen LogP contribution is 2.19. The van der Waals surface area contributed by atoms with E-state index in [1.165, 1.54) is 10.9 Å². The van der Waals surface area contributed by atoms with Gasteiger partial charge in [0, 0.05) is 32.2 Å². The molecule has 0 N–H and O–H groups in total. The van der Waals surface area contributed by atoms with Gasteiger partial charge in [0.15, 0.2) is 5.76 Å². The second-order valence-corrected chi connectivity index (χ2v) is 7.02. The molecule has 4 rings (SSSR count). The summed E-state index contributed by atoms with van der Waals surface area (Å²) in [4.78, 5) is 40.9. The van der Waals surface area contributed by atoms with E-state index in [4.69, 9.17) is 4.42 Å². The summed E-state index contributed by atoms with van der Waals surface area (Å²) in [5, 5.41) is 4.43. The van der Waals surface area contributed by atoms with Gasteiger partial charge in [-0.05, 0) is 43.9 Å². The first-order valence-electron chi connectivity index (χ1n) is 9.28. The topological polar surface area (TPSA) is 88.7 Å². The molecule has 1 fully saturated rings. The van der Waals surface area contributed by atoms with E-state index >= 15 is 0 Å². The van der Waals surface area contributed by atoms with Crippen LogP contribution >= 0.6 is 0 Å². The first kappa shape index (κ1) is 17.5. The van der Waals surface area contributed by atoms with Crippen molar-refractivity contribution in [3.05, 3.63) is 51.8 Å². The summed E-state index contributed by atoms with van der Waals surface area (Å²) in [6, 6.07) is 4.26. The molecule has 1 unspecified atom stereocenters. The average molecular weight is 370 g/mol. The Morgan fingerprint density at radius 3 is 2.59 bits per heavy atom. The number of rotatable bonds is 3. The Labute approximate surface area is 156 Å². The Hall–Kier alpha value is -2.90. The fraction of sp³-hybridized carbons (Fsp3) is 0.474. The lowest BCUT2D eigenvalue weighted by atomic mass is 10.2. The van der Waals surface area contributed by atoms with Crippen molar-refractivity contribution in [3.63, 3.8) is 0 Å². The van der Waals surface area contributed by atoms with E-state index in [9.17, 15) is 14.4 Å². The Morgan fingerprint density at radius 1 is 1.15 bits per heavy atom. The summed E-state index contributed by atoms with van der Waals surface area (Å²) in [7, 11) is 0. The highest BCUT2D eigenvalue weighted by molar-refractivity contribution is 5.91. The van der Waals surface area contributed by atoms with Gasteiger partial charge in [0.05, 0.1) is 12.0 Å². The number of carbonyl (C=O) groups excluding carboxylic acids is 2. The molecule has 2 aliphatic rings. The van der Waals surface area contributed by atoms with Crippen molar-refractivity contribution in [2.24, 2.45) is 0 Å². The van der Waals surface area contributed by atoms with Crippen LogP contribution in [0.5, 0.6) is 0 Å². The predicted octanol–water partition coefficient (Wildman–Crippen LogP) is 0.871. The molecule has 2 aromatic heterocycles. The summed E-state index contributed by atoms with van der Waals surface area (Å²) >= 11 is 0. The van der Waals surface area contributed by atoms with Gasteiger partial charge in [0.25, 0.3) is 11.5 Å². The molecule has 3 heterocycles. The standard InChI is InChI=1S/C19H22N4O4/c1-13(23-17(24)12-14-4-2-5-15(14)20-23)18(25)21-7-9-22(10-8-21)19(26)16-6-3-11-27-16/h3,6,11-13H,2,4-5,7-10H2,1H3.